The second-order valence-electron chi connectivity index (χ2n) is 4.43. The van der Waals surface area contributed by atoms with Crippen LogP contribution in [0.5, 0.6) is 5.75 Å². The molecular formula is C15H14O7. The Kier molecular flexibility index (Phi) is 4.45. The summed E-state index contributed by atoms with van der Waals surface area (Å²) in [6.07, 6.45) is -0.352. The van der Waals surface area contributed by atoms with E-state index < -0.39 is 23.7 Å². The fourth-order valence-corrected chi connectivity index (χ4v) is 1.87. The molecule has 7 nitrogen and oxygen atoms in total. The minimum atomic E-state index is -1.46. The largest absolute Gasteiger partial charge is 0.497 e. The van der Waals surface area contributed by atoms with Crippen LogP contribution >= 0.6 is 0 Å². The Labute approximate surface area is 125 Å². The molecule has 7 heteroatoms. The molecule has 0 bridgehead atoms. The minimum absolute atomic E-state index is 0.0915. The van der Waals surface area contributed by atoms with E-state index in [0.717, 1.165) is 20.1 Å². The van der Waals surface area contributed by atoms with Crippen LogP contribution in [0.4, 0.5) is 0 Å². The van der Waals surface area contributed by atoms with Crippen LogP contribution in [-0.2, 0) is 19.1 Å². The van der Waals surface area contributed by atoms with Crippen LogP contribution in [0.25, 0.3) is 11.0 Å². The lowest BCUT2D eigenvalue weighted by Crippen LogP contribution is -2.21. The Morgan fingerprint density at radius 1 is 1.14 bits per heavy atom. The molecule has 2 rings (SSSR count). The van der Waals surface area contributed by atoms with Crippen molar-refractivity contribution in [3.63, 3.8) is 0 Å². The van der Waals surface area contributed by atoms with Gasteiger partial charge in [-0.05, 0) is 18.2 Å². The maximum atomic E-state index is 12.5. The van der Waals surface area contributed by atoms with Gasteiger partial charge in [-0.15, -0.1) is 0 Å². The van der Waals surface area contributed by atoms with Gasteiger partial charge in [-0.25, -0.2) is 0 Å². The Morgan fingerprint density at radius 2 is 1.77 bits per heavy atom. The van der Waals surface area contributed by atoms with Crippen molar-refractivity contribution in [2.24, 2.45) is 0 Å². The normalized spacial score (nSPS) is 10.5. The van der Waals surface area contributed by atoms with E-state index in [9.17, 15) is 14.4 Å². The van der Waals surface area contributed by atoms with Gasteiger partial charge in [-0.1, -0.05) is 0 Å². The standard InChI is InChI=1S/C15H14O7/c1-8(16)21-15(22-9(2)17)12-7-20-13-5-4-10(19-3)6-11(13)14(12)18/h4-7,15H,1-3H3. The molecule has 0 saturated carbocycles. The first-order valence-corrected chi connectivity index (χ1v) is 6.36. The van der Waals surface area contributed by atoms with Crippen LogP contribution in [0.1, 0.15) is 25.7 Å². The van der Waals surface area contributed by atoms with Gasteiger partial charge in [0.1, 0.15) is 23.2 Å². The second kappa shape index (κ2) is 6.30. The number of carbonyl (C=O) groups is 2. The summed E-state index contributed by atoms with van der Waals surface area (Å²) in [5.41, 5.74) is -0.238. The number of ether oxygens (including phenoxy) is 3. The first kappa shape index (κ1) is 15.6. The minimum Gasteiger partial charge on any atom is -0.497 e. The summed E-state index contributed by atoms with van der Waals surface area (Å²) in [4.78, 5) is 34.7. The van der Waals surface area contributed by atoms with E-state index in [4.69, 9.17) is 18.6 Å². The van der Waals surface area contributed by atoms with Crippen LogP contribution in [0.15, 0.2) is 33.7 Å². The van der Waals surface area contributed by atoms with Gasteiger partial charge in [-0.3, -0.25) is 14.4 Å². The summed E-state index contributed by atoms with van der Waals surface area (Å²) < 4.78 is 20.1. The summed E-state index contributed by atoms with van der Waals surface area (Å²) in [5.74, 6) is -0.929. The van der Waals surface area contributed by atoms with Gasteiger partial charge in [-0.2, -0.15) is 0 Å². The van der Waals surface area contributed by atoms with E-state index in [1.54, 1.807) is 12.1 Å². The molecule has 1 aromatic heterocycles. The molecule has 0 fully saturated rings. The fraction of sp³-hybridized carbons (Fsp3) is 0.267. The van der Waals surface area contributed by atoms with Gasteiger partial charge in [0.05, 0.1) is 12.5 Å². The van der Waals surface area contributed by atoms with Crippen molar-refractivity contribution < 1.29 is 28.2 Å². The molecule has 1 aromatic carbocycles. The molecule has 0 radical (unpaired) electrons. The van der Waals surface area contributed by atoms with E-state index in [-0.39, 0.29) is 10.9 Å². The van der Waals surface area contributed by atoms with Crippen LogP contribution in [0, 0.1) is 0 Å². The molecule has 0 aliphatic carbocycles. The lowest BCUT2D eigenvalue weighted by Gasteiger charge is -2.16. The summed E-state index contributed by atoms with van der Waals surface area (Å²) in [6.45, 7) is 2.28. The highest BCUT2D eigenvalue weighted by Crippen LogP contribution is 2.22. The van der Waals surface area contributed by atoms with Crippen molar-refractivity contribution in [2.45, 2.75) is 20.1 Å². The van der Waals surface area contributed by atoms with Gasteiger partial charge in [0.15, 0.2) is 0 Å². The predicted molar refractivity (Wildman–Crippen MR) is 75.3 cm³/mol. The number of carbonyl (C=O) groups excluding carboxylic acids is 2. The van der Waals surface area contributed by atoms with Crippen molar-refractivity contribution in [3.8, 4) is 5.75 Å². The molecule has 0 spiro atoms. The fourth-order valence-electron chi connectivity index (χ4n) is 1.87. The monoisotopic (exact) mass is 306 g/mol. The smallest absolute Gasteiger partial charge is 0.305 e. The van der Waals surface area contributed by atoms with Crippen LogP contribution < -0.4 is 10.2 Å². The number of esters is 2. The second-order valence-corrected chi connectivity index (χ2v) is 4.43. The highest BCUT2D eigenvalue weighted by atomic mass is 16.7. The maximum absolute atomic E-state index is 12.5. The number of hydrogen-bond donors (Lipinski definition) is 0. The Bertz CT molecular complexity index is 759. The molecule has 1 heterocycles. The Morgan fingerprint density at radius 3 is 2.32 bits per heavy atom. The highest BCUT2D eigenvalue weighted by molar-refractivity contribution is 5.78. The molecule has 0 aliphatic rings. The molecule has 0 aliphatic heterocycles. The van der Waals surface area contributed by atoms with Crippen LogP contribution in [0.2, 0.25) is 0 Å². The lowest BCUT2D eigenvalue weighted by molar-refractivity contribution is -0.186. The summed E-state index contributed by atoms with van der Waals surface area (Å²) in [5, 5.41) is 0.223. The Hall–Kier alpha value is -2.83. The zero-order valence-corrected chi connectivity index (χ0v) is 12.2. The van der Waals surface area contributed by atoms with Crippen molar-refractivity contribution in [1.29, 1.82) is 0 Å². The quantitative estimate of drug-likeness (QED) is 0.629. The average molecular weight is 306 g/mol. The molecule has 0 atom stereocenters. The van der Waals surface area contributed by atoms with E-state index in [0.29, 0.717) is 11.3 Å². The number of fused-ring (bicyclic) bond motifs is 1. The first-order chi connectivity index (χ1) is 10.4. The topological polar surface area (TPSA) is 92.0 Å². The number of hydrogen-bond acceptors (Lipinski definition) is 7. The zero-order valence-electron chi connectivity index (χ0n) is 12.2. The Balaban J connectivity index is 2.56. The van der Waals surface area contributed by atoms with Crippen LogP contribution in [-0.4, -0.2) is 19.0 Å². The highest BCUT2D eigenvalue weighted by Gasteiger charge is 2.23. The van der Waals surface area contributed by atoms with Gasteiger partial charge in [0.25, 0.3) is 6.29 Å². The SMILES string of the molecule is COc1ccc2occ(C(OC(C)=O)OC(C)=O)c(=O)c2c1. The van der Waals surface area contributed by atoms with Gasteiger partial charge >= 0.3 is 11.9 Å². The number of methoxy groups -OCH3 is 1. The van der Waals surface area contributed by atoms with Crippen molar-refractivity contribution in [1.82, 2.24) is 0 Å². The lowest BCUT2D eigenvalue weighted by atomic mass is 10.1. The van der Waals surface area contributed by atoms with E-state index >= 15 is 0 Å². The molecule has 0 saturated heterocycles. The van der Waals surface area contributed by atoms with Gasteiger partial charge < -0.3 is 18.6 Å². The van der Waals surface area contributed by atoms with Crippen molar-refractivity contribution >= 4 is 22.9 Å². The molecule has 22 heavy (non-hydrogen) atoms. The van der Waals surface area contributed by atoms with Gasteiger partial charge in [0.2, 0.25) is 5.43 Å². The third kappa shape index (κ3) is 3.25. The van der Waals surface area contributed by atoms with E-state index in [1.165, 1.54) is 13.2 Å². The van der Waals surface area contributed by atoms with Crippen LogP contribution in [0.3, 0.4) is 0 Å². The van der Waals surface area contributed by atoms with Crippen molar-refractivity contribution in [2.75, 3.05) is 7.11 Å². The van der Waals surface area contributed by atoms with E-state index in [1.807, 2.05) is 0 Å². The summed E-state index contributed by atoms with van der Waals surface area (Å²) in [6, 6.07) is 4.70. The third-order valence-electron chi connectivity index (χ3n) is 2.81. The average Bonchev–Trinajstić information content (AvgIpc) is 2.45. The number of benzene rings is 1. The molecule has 2 aromatic rings. The zero-order chi connectivity index (χ0) is 16.3. The summed E-state index contributed by atoms with van der Waals surface area (Å²) >= 11 is 0. The molecular weight excluding hydrogens is 292 g/mol. The van der Waals surface area contributed by atoms with Gasteiger partial charge in [0, 0.05) is 13.8 Å². The molecule has 0 amide bonds. The maximum Gasteiger partial charge on any atom is 0.305 e. The molecule has 0 unspecified atom stereocenters. The number of rotatable bonds is 4. The molecule has 116 valence electrons. The van der Waals surface area contributed by atoms with Crippen molar-refractivity contribution in [3.05, 3.63) is 40.2 Å². The van der Waals surface area contributed by atoms with E-state index in [2.05, 4.69) is 0 Å². The summed E-state index contributed by atoms with van der Waals surface area (Å²) in [7, 11) is 1.47. The third-order valence-corrected chi connectivity index (χ3v) is 2.81. The molecule has 0 N–H and O–H groups in total. The first-order valence-electron chi connectivity index (χ1n) is 6.36. The predicted octanol–water partition coefficient (Wildman–Crippen LogP) is 1.93.